The van der Waals surface area contributed by atoms with Crippen LogP contribution >= 0.6 is 23.4 Å². The van der Waals surface area contributed by atoms with Gasteiger partial charge in [0.15, 0.2) is 16.8 Å². The number of thioether (sulfide) groups is 1. The van der Waals surface area contributed by atoms with E-state index >= 15 is 0 Å². The number of hydrogen-bond donors (Lipinski definition) is 0. The number of hydrogen-bond acceptors (Lipinski definition) is 4. The monoisotopic (exact) mass is 288 g/mol. The van der Waals surface area contributed by atoms with Gasteiger partial charge < -0.3 is 0 Å². The van der Waals surface area contributed by atoms with E-state index in [2.05, 4.69) is 4.98 Å². The Morgan fingerprint density at radius 3 is 3.00 bits per heavy atom. The van der Waals surface area contributed by atoms with Gasteiger partial charge >= 0.3 is 0 Å². The van der Waals surface area contributed by atoms with E-state index < -0.39 is 5.82 Å². The minimum absolute atomic E-state index is 0.0314. The molecule has 1 unspecified atom stereocenters. The maximum absolute atomic E-state index is 13.7. The van der Waals surface area contributed by atoms with Crippen LogP contribution in [0.15, 0.2) is 12.3 Å². The molecule has 7 heteroatoms. The van der Waals surface area contributed by atoms with Crippen LogP contribution in [-0.2, 0) is 9.59 Å². The molecule has 96 valence electrons. The molecule has 0 spiro atoms. The summed E-state index contributed by atoms with van der Waals surface area (Å²) in [4.78, 5) is 27.8. The van der Waals surface area contributed by atoms with Crippen LogP contribution < -0.4 is 4.90 Å². The standard InChI is InChI=1S/C11H10ClFN2O2S/c1-6(16)18-8-3-10(17)15(5-8)11-9(13)2-7(12)4-14-11/h2,4,8H,3,5H2,1H3. The largest absolute Gasteiger partial charge is 0.293 e. The number of amides is 1. The summed E-state index contributed by atoms with van der Waals surface area (Å²) in [5.41, 5.74) is 0. The first-order valence-electron chi connectivity index (χ1n) is 5.26. The maximum atomic E-state index is 13.7. The highest BCUT2D eigenvalue weighted by atomic mass is 35.5. The van der Waals surface area contributed by atoms with Crippen LogP contribution in [0.3, 0.4) is 0 Å². The summed E-state index contributed by atoms with van der Waals surface area (Å²) in [7, 11) is 0. The van der Waals surface area contributed by atoms with Crippen molar-refractivity contribution in [2.75, 3.05) is 11.4 Å². The van der Waals surface area contributed by atoms with Gasteiger partial charge in [0.25, 0.3) is 0 Å². The molecule has 1 aromatic rings. The summed E-state index contributed by atoms with van der Waals surface area (Å²) in [6, 6.07) is 1.11. The molecular weight excluding hydrogens is 279 g/mol. The number of aromatic nitrogens is 1. The topological polar surface area (TPSA) is 50.3 Å². The van der Waals surface area contributed by atoms with E-state index in [9.17, 15) is 14.0 Å². The molecule has 0 radical (unpaired) electrons. The lowest BCUT2D eigenvalue weighted by molar-refractivity contribution is -0.117. The predicted molar refractivity (Wildman–Crippen MR) is 68.2 cm³/mol. The second-order valence-corrected chi connectivity index (χ2v) is 5.81. The van der Waals surface area contributed by atoms with E-state index in [1.807, 2.05) is 0 Å². The smallest absolute Gasteiger partial charge is 0.229 e. The van der Waals surface area contributed by atoms with Crippen molar-refractivity contribution in [1.82, 2.24) is 4.98 Å². The van der Waals surface area contributed by atoms with Crippen molar-refractivity contribution >= 4 is 40.2 Å². The number of anilines is 1. The van der Waals surface area contributed by atoms with Crippen molar-refractivity contribution in [1.29, 1.82) is 0 Å². The molecule has 0 bridgehead atoms. The molecule has 18 heavy (non-hydrogen) atoms. The second-order valence-electron chi connectivity index (χ2n) is 3.90. The molecule has 1 aliphatic heterocycles. The van der Waals surface area contributed by atoms with Gasteiger partial charge in [0.2, 0.25) is 5.91 Å². The van der Waals surface area contributed by atoms with Gasteiger partial charge in [-0.2, -0.15) is 0 Å². The van der Waals surface area contributed by atoms with Crippen LogP contribution in [0.4, 0.5) is 10.2 Å². The first kappa shape index (κ1) is 13.3. The van der Waals surface area contributed by atoms with Gasteiger partial charge in [0.1, 0.15) is 0 Å². The number of carbonyl (C=O) groups excluding carboxylic acids is 2. The Balaban J connectivity index is 2.19. The van der Waals surface area contributed by atoms with Gasteiger partial charge in [0, 0.05) is 31.3 Å². The molecule has 0 saturated carbocycles. The van der Waals surface area contributed by atoms with Gasteiger partial charge in [-0.1, -0.05) is 23.4 Å². The lowest BCUT2D eigenvalue weighted by atomic mass is 10.4. The molecule has 1 aliphatic rings. The molecular formula is C11H10ClFN2O2S. The Morgan fingerprint density at radius 1 is 1.67 bits per heavy atom. The van der Waals surface area contributed by atoms with Crippen LogP contribution in [0, 0.1) is 5.82 Å². The first-order chi connectivity index (χ1) is 8.47. The molecule has 0 aliphatic carbocycles. The van der Waals surface area contributed by atoms with Crippen LogP contribution in [-0.4, -0.2) is 27.8 Å². The van der Waals surface area contributed by atoms with Crippen molar-refractivity contribution in [3.63, 3.8) is 0 Å². The fraction of sp³-hybridized carbons (Fsp3) is 0.364. The third kappa shape index (κ3) is 2.81. The summed E-state index contributed by atoms with van der Waals surface area (Å²) in [6.07, 6.45) is 1.51. The third-order valence-corrected chi connectivity index (χ3v) is 3.65. The molecule has 4 nitrogen and oxygen atoms in total. The lowest BCUT2D eigenvalue weighted by Crippen LogP contribution is -2.27. The molecule has 1 aromatic heterocycles. The third-order valence-electron chi connectivity index (χ3n) is 2.47. The molecule has 1 amide bonds. The maximum Gasteiger partial charge on any atom is 0.229 e. The average Bonchev–Trinajstić information content (AvgIpc) is 2.58. The van der Waals surface area contributed by atoms with Gasteiger partial charge in [-0.3, -0.25) is 14.5 Å². The van der Waals surface area contributed by atoms with Crippen molar-refractivity contribution in [3.05, 3.63) is 23.1 Å². The molecule has 2 heterocycles. The summed E-state index contributed by atoms with van der Waals surface area (Å²) < 4.78 is 13.7. The zero-order chi connectivity index (χ0) is 13.3. The lowest BCUT2D eigenvalue weighted by Gasteiger charge is -2.15. The second kappa shape index (κ2) is 5.24. The highest BCUT2D eigenvalue weighted by molar-refractivity contribution is 8.14. The van der Waals surface area contributed by atoms with E-state index in [0.29, 0.717) is 0 Å². The number of nitrogens with zero attached hydrogens (tertiary/aromatic N) is 2. The normalized spacial score (nSPS) is 19.4. The molecule has 0 N–H and O–H groups in total. The van der Waals surface area contributed by atoms with Crippen molar-refractivity contribution in [2.45, 2.75) is 18.6 Å². The first-order valence-corrected chi connectivity index (χ1v) is 6.51. The van der Waals surface area contributed by atoms with E-state index in [0.717, 1.165) is 17.8 Å². The zero-order valence-electron chi connectivity index (χ0n) is 9.52. The molecule has 2 rings (SSSR count). The van der Waals surface area contributed by atoms with E-state index in [-0.39, 0.29) is 40.1 Å². The Hall–Kier alpha value is -1.14. The quantitative estimate of drug-likeness (QED) is 0.837. The summed E-state index contributed by atoms with van der Waals surface area (Å²) >= 11 is 6.70. The highest BCUT2D eigenvalue weighted by Crippen LogP contribution is 2.29. The molecule has 0 aromatic carbocycles. The van der Waals surface area contributed by atoms with Gasteiger partial charge in [-0.05, 0) is 6.07 Å². The van der Waals surface area contributed by atoms with Crippen LogP contribution in [0.1, 0.15) is 13.3 Å². The number of halogens is 2. The Kier molecular flexibility index (Phi) is 3.87. The predicted octanol–water partition coefficient (Wildman–Crippen LogP) is 2.26. The summed E-state index contributed by atoms with van der Waals surface area (Å²) in [5.74, 6) is -0.900. The Labute approximate surface area is 113 Å². The fourth-order valence-corrected chi connectivity index (χ4v) is 2.86. The van der Waals surface area contributed by atoms with Gasteiger partial charge in [-0.15, -0.1) is 0 Å². The number of pyridine rings is 1. The Morgan fingerprint density at radius 2 is 2.39 bits per heavy atom. The number of rotatable bonds is 2. The minimum Gasteiger partial charge on any atom is -0.293 e. The number of carbonyl (C=O) groups is 2. The molecule has 1 atom stereocenters. The van der Waals surface area contributed by atoms with Gasteiger partial charge in [0.05, 0.1) is 5.02 Å². The van der Waals surface area contributed by atoms with Crippen LogP contribution in [0.2, 0.25) is 5.02 Å². The van der Waals surface area contributed by atoms with Crippen LogP contribution in [0.5, 0.6) is 0 Å². The minimum atomic E-state index is -0.635. The summed E-state index contributed by atoms with van der Waals surface area (Å²) in [5, 5.41) is -0.0244. The summed E-state index contributed by atoms with van der Waals surface area (Å²) in [6.45, 7) is 1.73. The molecule has 1 fully saturated rings. The zero-order valence-corrected chi connectivity index (χ0v) is 11.1. The van der Waals surface area contributed by atoms with E-state index in [1.165, 1.54) is 18.0 Å². The van der Waals surface area contributed by atoms with Crippen molar-refractivity contribution < 1.29 is 14.0 Å². The average molecular weight is 289 g/mol. The van der Waals surface area contributed by atoms with E-state index in [1.54, 1.807) is 0 Å². The van der Waals surface area contributed by atoms with Gasteiger partial charge in [-0.25, -0.2) is 9.37 Å². The van der Waals surface area contributed by atoms with Crippen molar-refractivity contribution in [3.8, 4) is 0 Å². The molecule has 1 saturated heterocycles. The SMILES string of the molecule is CC(=O)SC1CC(=O)N(c2ncc(Cl)cc2F)C1. The van der Waals surface area contributed by atoms with Crippen molar-refractivity contribution in [2.24, 2.45) is 0 Å². The van der Waals surface area contributed by atoms with E-state index in [4.69, 9.17) is 11.6 Å². The van der Waals surface area contributed by atoms with Crippen LogP contribution in [0.25, 0.3) is 0 Å². The fourth-order valence-electron chi connectivity index (χ4n) is 1.80. The highest BCUT2D eigenvalue weighted by Gasteiger charge is 2.34. The Bertz CT molecular complexity index is 512.